The zero-order chi connectivity index (χ0) is 12.3. The number of ether oxygens (including phenoxy) is 1. The van der Waals surface area contributed by atoms with Crippen LogP contribution in [-0.4, -0.2) is 57.7 Å². The normalized spacial score (nSPS) is 20.0. The van der Waals surface area contributed by atoms with E-state index in [1.807, 2.05) is 0 Å². The van der Waals surface area contributed by atoms with E-state index in [0.29, 0.717) is 6.54 Å². The van der Waals surface area contributed by atoms with E-state index in [1.54, 1.807) is 0 Å². The quantitative estimate of drug-likeness (QED) is 0.738. The van der Waals surface area contributed by atoms with E-state index in [0.717, 1.165) is 0 Å². The van der Waals surface area contributed by atoms with Crippen molar-refractivity contribution >= 4 is 11.9 Å². The number of hydrogen-bond donors (Lipinski definition) is 1. The molecular formula is C10H11N3O4. The molecule has 1 aromatic rings. The number of rotatable bonds is 2. The Morgan fingerprint density at radius 2 is 2.29 bits per heavy atom. The lowest BCUT2D eigenvalue weighted by atomic mass is 10.2. The van der Waals surface area contributed by atoms with Gasteiger partial charge in [-0.3, -0.25) is 9.78 Å². The van der Waals surface area contributed by atoms with Crippen LogP contribution in [0.2, 0.25) is 0 Å². The van der Waals surface area contributed by atoms with Gasteiger partial charge in [-0.1, -0.05) is 0 Å². The Balaban J connectivity index is 2.07. The number of morpholine rings is 1. The Labute approximate surface area is 97.0 Å². The molecule has 7 heteroatoms. The first-order chi connectivity index (χ1) is 8.18. The van der Waals surface area contributed by atoms with Crippen molar-refractivity contribution < 1.29 is 19.4 Å². The lowest BCUT2D eigenvalue weighted by molar-refractivity contribution is -0.154. The van der Waals surface area contributed by atoms with Gasteiger partial charge in [0.1, 0.15) is 5.69 Å². The van der Waals surface area contributed by atoms with E-state index < -0.39 is 12.1 Å². The molecule has 1 aromatic heterocycles. The molecule has 7 nitrogen and oxygen atoms in total. The minimum Gasteiger partial charge on any atom is -0.479 e. The van der Waals surface area contributed by atoms with E-state index in [-0.39, 0.29) is 24.8 Å². The minimum atomic E-state index is -1.07. The number of carboxylic acids is 1. The second-order valence-electron chi connectivity index (χ2n) is 3.54. The van der Waals surface area contributed by atoms with Crippen LogP contribution in [0.3, 0.4) is 0 Å². The summed E-state index contributed by atoms with van der Waals surface area (Å²) in [4.78, 5) is 31.8. The van der Waals surface area contributed by atoms with Crippen LogP contribution in [0.4, 0.5) is 0 Å². The Hall–Kier alpha value is -2.02. The van der Waals surface area contributed by atoms with Gasteiger partial charge in [-0.05, 0) is 0 Å². The summed E-state index contributed by atoms with van der Waals surface area (Å²) in [7, 11) is 0. The molecule has 0 saturated carbocycles. The van der Waals surface area contributed by atoms with Crippen molar-refractivity contribution in [2.24, 2.45) is 0 Å². The standard InChI is InChI=1S/C10H11N3O4/c14-9(7-5-11-1-2-12-7)13-3-4-17-8(6-13)10(15)16/h1-2,5,8H,3-4,6H2,(H,15,16). The fraction of sp³-hybridized carbons (Fsp3) is 0.400. The van der Waals surface area contributed by atoms with Crippen molar-refractivity contribution in [2.75, 3.05) is 19.7 Å². The van der Waals surface area contributed by atoms with Crippen LogP contribution in [0.15, 0.2) is 18.6 Å². The third-order valence-corrected chi connectivity index (χ3v) is 2.41. The van der Waals surface area contributed by atoms with Gasteiger partial charge in [0.2, 0.25) is 0 Å². The summed E-state index contributed by atoms with van der Waals surface area (Å²) in [6, 6.07) is 0. The van der Waals surface area contributed by atoms with Gasteiger partial charge in [0, 0.05) is 18.9 Å². The van der Waals surface area contributed by atoms with Gasteiger partial charge in [0.05, 0.1) is 19.3 Å². The molecule has 1 fully saturated rings. The van der Waals surface area contributed by atoms with E-state index in [1.165, 1.54) is 23.5 Å². The van der Waals surface area contributed by atoms with Gasteiger partial charge < -0.3 is 14.7 Å². The van der Waals surface area contributed by atoms with Crippen LogP contribution in [0.1, 0.15) is 10.5 Å². The molecule has 1 aliphatic rings. The zero-order valence-electron chi connectivity index (χ0n) is 8.94. The molecule has 2 heterocycles. The van der Waals surface area contributed by atoms with Crippen molar-refractivity contribution in [1.82, 2.24) is 14.9 Å². The molecule has 17 heavy (non-hydrogen) atoms. The van der Waals surface area contributed by atoms with Gasteiger partial charge in [0.25, 0.3) is 5.91 Å². The van der Waals surface area contributed by atoms with Crippen LogP contribution in [0.25, 0.3) is 0 Å². The number of nitrogens with zero attached hydrogens (tertiary/aromatic N) is 3. The van der Waals surface area contributed by atoms with Crippen molar-refractivity contribution in [3.8, 4) is 0 Å². The predicted molar refractivity (Wildman–Crippen MR) is 55.3 cm³/mol. The molecule has 0 aliphatic carbocycles. The first-order valence-electron chi connectivity index (χ1n) is 5.08. The highest BCUT2D eigenvalue weighted by atomic mass is 16.5. The molecule has 1 atom stereocenters. The molecule has 0 spiro atoms. The maximum atomic E-state index is 11.9. The smallest absolute Gasteiger partial charge is 0.334 e. The summed E-state index contributed by atoms with van der Waals surface area (Å²) in [6.07, 6.45) is 3.27. The Morgan fingerprint density at radius 1 is 1.47 bits per heavy atom. The summed E-state index contributed by atoms with van der Waals surface area (Å²) >= 11 is 0. The van der Waals surface area contributed by atoms with E-state index in [4.69, 9.17) is 9.84 Å². The minimum absolute atomic E-state index is 0.0325. The van der Waals surface area contributed by atoms with Gasteiger partial charge in [-0.25, -0.2) is 9.78 Å². The number of hydrogen-bond acceptors (Lipinski definition) is 5. The molecule has 2 rings (SSSR count). The first kappa shape index (κ1) is 11.5. The first-order valence-corrected chi connectivity index (χ1v) is 5.08. The van der Waals surface area contributed by atoms with Crippen molar-refractivity contribution in [1.29, 1.82) is 0 Å². The fourth-order valence-corrected chi connectivity index (χ4v) is 1.55. The zero-order valence-corrected chi connectivity index (χ0v) is 8.94. The highest BCUT2D eigenvalue weighted by Crippen LogP contribution is 2.08. The van der Waals surface area contributed by atoms with Gasteiger partial charge in [-0.15, -0.1) is 0 Å². The average molecular weight is 237 g/mol. The molecule has 0 radical (unpaired) electrons. The average Bonchev–Trinajstić information content (AvgIpc) is 2.39. The maximum Gasteiger partial charge on any atom is 0.334 e. The lowest BCUT2D eigenvalue weighted by Crippen LogP contribution is -2.48. The highest BCUT2D eigenvalue weighted by molar-refractivity contribution is 5.92. The number of carbonyl (C=O) groups excluding carboxylic acids is 1. The van der Waals surface area contributed by atoms with Crippen molar-refractivity contribution in [3.05, 3.63) is 24.3 Å². The van der Waals surface area contributed by atoms with Crippen molar-refractivity contribution in [2.45, 2.75) is 6.10 Å². The molecule has 1 amide bonds. The van der Waals surface area contributed by atoms with Crippen LogP contribution >= 0.6 is 0 Å². The van der Waals surface area contributed by atoms with Gasteiger partial charge in [0.15, 0.2) is 6.10 Å². The Morgan fingerprint density at radius 3 is 2.94 bits per heavy atom. The Bertz CT molecular complexity index is 423. The summed E-state index contributed by atoms with van der Waals surface area (Å²) in [6.45, 7) is 0.604. The van der Waals surface area contributed by atoms with Crippen LogP contribution in [-0.2, 0) is 9.53 Å². The number of aromatic nitrogens is 2. The SMILES string of the molecule is O=C(O)C1CN(C(=O)c2cnccn2)CCO1. The lowest BCUT2D eigenvalue weighted by Gasteiger charge is -2.30. The topological polar surface area (TPSA) is 92.6 Å². The fourth-order valence-electron chi connectivity index (χ4n) is 1.55. The molecule has 90 valence electrons. The summed E-state index contributed by atoms with van der Waals surface area (Å²) < 4.78 is 5.03. The molecule has 0 aromatic carbocycles. The molecule has 1 saturated heterocycles. The monoisotopic (exact) mass is 237 g/mol. The van der Waals surface area contributed by atoms with E-state index >= 15 is 0 Å². The van der Waals surface area contributed by atoms with Crippen molar-refractivity contribution in [3.63, 3.8) is 0 Å². The number of amides is 1. The number of carboxylic acid groups (broad SMARTS) is 1. The third kappa shape index (κ3) is 2.56. The molecule has 1 aliphatic heterocycles. The maximum absolute atomic E-state index is 11.9. The molecule has 1 unspecified atom stereocenters. The van der Waals surface area contributed by atoms with E-state index in [2.05, 4.69) is 9.97 Å². The predicted octanol–water partition coefficient (Wildman–Crippen LogP) is -0.598. The summed E-state index contributed by atoms with van der Waals surface area (Å²) in [5, 5.41) is 8.82. The highest BCUT2D eigenvalue weighted by Gasteiger charge is 2.29. The Kier molecular flexibility index (Phi) is 3.29. The second kappa shape index (κ2) is 4.88. The molecule has 0 bridgehead atoms. The summed E-state index contributed by atoms with van der Waals surface area (Å²) in [5.74, 6) is -1.39. The second-order valence-corrected chi connectivity index (χ2v) is 3.54. The van der Waals surface area contributed by atoms with Gasteiger partial charge in [-0.2, -0.15) is 0 Å². The molecule has 1 N–H and O–H groups in total. The van der Waals surface area contributed by atoms with E-state index in [9.17, 15) is 9.59 Å². The van der Waals surface area contributed by atoms with Crippen LogP contribution < -0.4 is 0 Å². The van der Waals surface area contributed by atoms with Gasteiger partial charge >= 0.3 is 5.97 Å². The summed E-state index contributed by atoms with van der Waals surface area (Å²) in [5.41, 5.74) is 0.207. The number of carbonyl (C=O) groups is 2. The third-order valence-electron chi connectivity index (χ3n) is 2.41. The largest absolute Gasteiger partial charge is 0.479 e. The molecular weight excluding hydrogens is 226 g/mol. The van der Waals surface area contributed by atoms with Crippen LogP contribution in [0.5, 0.6) is 0 Å². The number of aliphatic carboxylic acids is 1. The van der Waals surface area contributed by atoms with Crippen LogP contribution in [0, 0.1) is 0 Å².